The quantitative estimate of drug-likeness (QED) is 0.375. The Bertz CT molecular complexity index is 860. The summed E-state index contributed by atoms with van der Waals surface area (Å²) in [7, 11) is 3.35. The Kier molecular flexibility index (Phi) is 7.68. The van der Waals surface area contributed by atoms with Gasteiger partial charge in [0, 0.05) is 18.4 Å². The monoisotopic (exact) mass is 398 g/mol. The van der Waals surface area contributed by atoms with E-state index in [0.29, 0.717) is 6.54 Å². The number of ether oxygens (including phenoxy) is 2. The fourth-order valence-corrected chi connectivity index (χ4v) is 4.15. The van der Waals surface area contributed by atoms with Crippen molar-refractivity contribution < 1.29 is 18.4 Å². The molecular formula is C25H33FNO2+. The molecule has 0 atom stereocenters. The topological polar surface area (TPSA) is 21.5 Å². The van der Waals surface area contributed by atoms with E-state index in [9.17, 15) is 4.39 Å². The first-order valence-corrected chi connectivity index (χ1v) is 10.8. The molecule has 1 heterocycles. The molecule has 0 saturated heterocycles. The van der Waals surface area contributed by atoms with Crippen LogP contribution in [0.5, 0.6) is 11.5 Å². The first-order chi connectivity index (χ1) is 14.2. The van der Waals surface area contributed by atoms with Crippen LogP contribution in [0.4, 0.5) is 4.39 Å². The molecule has 0 radical (unpaired) electrons. The van der Waals surface area contributed by atoms with Gasteiger partial charge < -0.3 is 9.47 Å². The van der Waals surface area contributed by atoms with Crippen molar-refractivity contribution in [1.29, 1.82) is 0 Å². The smallest absolute Gasteiger partial charge is 0.184 e. The first-order valence-electron chi connectivity index (χ1n) is 10.8. The van der Waals surface area contributed by atoms with Gasteiger partial charge in [-0.1, -0.05) is 44.7 Å². The van der Waals surface area contributed by atoms with E-state index in [1.54, 1.807) is 26.4 Å². The minimum absolute atomic E-state index is 0.132. The Labute approximate surface area is 174 Å². The summed E-state index contributed by atoms with van der Waals surface area (Å²) in [5.41, 5.74) is 4.56. The second kappa shape index (κ2) is 10.4. The van der Waals surface area contributed by atoms with Crippen molar-refractivity contribution in [1.82, 2.24) is 0 Å². The van der Waals surface area contributed by atoms with Crippen LogP contribution in [0, 0.1) is 5.82 Å². The Morgan fingerprint density at radius 1 is 0.966 bits per heavy atom. The summed E-state index contributed by atoms with van der Waals surface area (Å²) in [6, 6.07) is 11.3. The second-order valence-corrected chi connectivity index (χ2v) is 7.74. The predicted octanol–water partition coefficient (Wildman–Crippen LogP) is 5.76. The molecule has 0 N–H and O–H groups in total. The molecule has 3 nitrogen and oxygen atoms in total. The highest BCUT2D eigenvalue weighted by atomic mass is 19.1. The summed E-state index contributed by atoms with van der Waals surface area (Å²) in [5, 5.41) is 0. The average Bonchev–Trinajstić information content (AvgIpc) is 2.75. The summed E-state index contributed by atoms with van der Waals surface area (Å²) < 4.78 is 27.7. The zero-order valence-corrected chi connectivity index (χ0v) is 18.0. The van der Waals surface area contributed by atoms with Gasteiger partial charge in [-0.15, -0.1) is 0 Å². The van der Waals surface area contributed by atoms with E-state index in [-0.39, 0.29) is 5.82 Å². The van der Waals surface area contributed by atoms with E-state index >= 15 is 0 Å². The number of hydrogen-bond donors (Lipinski definition) is 0. The first kappa shape index (κ1) is 21.4. The number of hydrogen-bond acceptors (Lipinski definition) is 2. The van der Waals surface area contributed by atoms with Crippen molar-refractivity contribution in [2.45, 2.75) is 58.4 Å². The molecule has 0 saturated carbocycles. The van der Waals surface area contributed by atoms with Gasteiger partial charge in [-0.2, -0.15) is 0 Å². The van der Waals surface area contributed by atoms with Gasteiger partial charge in [0.2, 0.25) is 0 Å². The van der Waals surface area contributed by atoms with Crippen LogP contribution in [-0.4, -0.2) is 31.1 Å². The molecule has 0 unspecified atom stereocenters. The number of unbranched alkanes of at least 4 members (excludes halogenated alkanes) is 4. The summed E-state index contributed by atoms with van der Waals surface area (Å²) in [4.78, 5) is 0. The summed E-state index contributed by atoms with van der Waals surface area (Å²) in [6.07, 6.45) is 8.11. The molecule has 2 aromatic rings. The van der Waals surface area contributed by atoms with Gasteiger partial charge in [-0.3, -0.25) is 0 Å². The molecule has 0 spiro atoms. The summed E-state index contributed by atoms with van der Waals surface area (Å²) >= 11 is 0. The van der Waals surface area contributed by atoms with Crippen molar-refractivity contribution >= 4 is 5.71 Å². The molecule has 156 valence electrons. The molecule has 3 rings (SSSR count). The molecule has 29 heavy (non-hydrogen) atoms. The molecule has 2 aromatic carbocycles. The standard InChI is InChI=1S/C25H33FNO2/c1-4-5-6-7-8-13-23-21-17-25(29-3)24(28-2)16-19(21)14-15-27(23)18-20-11-9-10-12-22(20)26/h9-12,16-17H,4-8,13-15,18H2,1-3H3/q+1. The SMILES string of the molecule is CCCCCCCC1=[N+](Cc2ccccc2F)CCc2cc(OC)c(OC)cc21. The third-order valence-corrected chi connectivity index (χ3v) is 5.79. The highest BCUT2D eigenvalue weighted by molar-refractivity contribution is 5.99. The van der Waals surface area contributed by atoms with E-state index in [1.807, 2.05) is 12.1 Å². The van der Waals surface area contributed by atoms with Crippen LogP contribution in [0.1, 0.15) is 62.1 Å². The van der Waals surface area contributed by atoms with E-state index in [2.05, 4.69) is 23.6 Å². The van der Waals surface area contributed by atoms with Gasteiger partial charge >= 0.3 is 0 Å². The normalized spacial score (nSPS) is 13.4. The minimum Gasteiger partial charge on any atom is -0.493 e. The average molecular weight is 399 g/mol. The maximum atomic E-state index is 14.3. The van der Waals surface area contributed by atoms with Gasteiger partial charge in [0.05, 0.1) is 19.8 Å². The molecule has 0 aromatic heterocycles. The molecule has 0 bridgehead atoms. The molecule has 1 aliphatic heterocycles. The van der Waals surface area contributed by atoms with Crippen LogP contribution in [-0.2, 0) is 13.0 Å². The third-order valence-electron chi connectivity index (χ3n) is 5.79. The van der Waals surface area contributed by atoms with E-state index in [1.165, 1.54) is 42.5 Å². The fraction of sp³-hybridized carbons (Fsp3) is 0.480. The maximum absolute atomic E-state index is 14.3. The largest absolute Gasteiger partial charge is 0.493 e. The van der Waals surface area contributed by atoms with Crippen LogP contribution in [0.25, 0.3) is 0 Å². The van der Waals surface area contributed by atoms with Crippen molar-refractivity contribution in [2.75, 3.05) is 20.8 Å². The number of halogens is 1. The molecule has 0 aliphatic carbocycles. The number of methoxy groups -OCH3 is 2. The third kappa shape index (κ3) is 5.17. The molecule has 4 heteroatoms. The van der Waals surface area contributed by atoms with Gasteiger partial charge in [0.15, 0.2) is 23.8 Å². The maximum Gasteiger partial charge on any atom is 0.184 e. The van der Waals surface area contributed by atoms with Crippen LogP contribution >= 0.6 is 0 Å². The lowest BCUT2D eigenvalue weighted by atomic mass is 9.92. The zero-order chi connectivity index (χ0) is 20.6. The zero-order valence-electron chi connectivity index (χ0n) is 18.0. The van der Waals surface area contributed by atoms with E-state index in [4.69, 9.17) is 9.47 Å². The molecular weight excluding hydrogens is 365 g/mol. The second-order valence-electron chi connectivity index (χ2n) is 7.74. The predicted molar refractivity (Wildman–Crippen MR) is 116 cm³/mol. The molecule has 0 fully saturated rings. The van der Waals surface area contributed by atoms with Gasteiger partial charge in [0.1, 0.15) is 12.4 Å². The number of benzene rings is 2. The summed E-state index contributed by atoms with van der Waals surface area (Å²) in [6.45, 7) is 3.73. The Balaban J connectivity index is 1.94. The minimum atomic E-state index is -0.132. The summed E-state index contributed by atoms with van der Waals surface area (Å²) in [5.74, 6) is 1.39. The Morgan fingerprint density at radius 3 is 2.41 bits per heavy atom. The van der Waals surface area contributed by atoms with Crippen LogP contribution in [0.3, 0.4) is 0 Å². The van der Waals surface area contributed by atoms with Crippen LogP contribution in [0.2, 0.25) is 0 Å². The highest BCUT2D eigenvalue weighted by Gasteiger charge is 2.28. The number of fused-ring (bicyclic) bond motifs is 1. The van der Waals surface area contributed by atoms with Crippen molar-refractivity contribution in [3.8, 4) is 11.5 Å². The van der Waals surface area contributed by atoms with Gasteiger partial charge in [0.25, 0.3) is 0 Å². The lowest BCUT2D eigenvalue weighted by molar-refractivity contribution is -0.546. The van der Waals surface area contributed by atoms with E-state index in [0.717, 1.165) is 42.9 Å². The number of rotatable bonds is 10. The van der Waals surface area contributed by atoms with Crippen molar-refractivity contribution in [2.24, 2.45) is 0 Å². The van der Waals surface area contributed by atoms with Crippen LogP contribution in [0.15, 0.2) is 36.4 Å². The molecule has 1 aliphatic rings. The fourth-order valence-electron chi connectivity index (χ4n) is 4.15. The lowest BCUT2D eigenvalue weighted by Gasteiger charge is -2.21. The van der Waals surface area contributed by atoms with Crippen molar-refractivity contribution in [3.05, 3.63) is 58.9 Å². The molecule has 0 amide bonds. The van der Waals surface area contributed by atoms with Gasteiger partial charge in [-0.05, 0) is 36.2 Å². The van der Waals surface area contributed by atoms with E-state index < -0.39 is 0 Å². The Morgan fingerprint density at radius 2 is 1.69 bits per heavy atom. The lowest BCUT2D eigenvalue weighted by Crippen LogP contribution is -2.30. The number of nitrogens with zero attached hydrogens (tertiary/aromatic N) is 1. The highest BCUT2D eigenvalue weighted by Crippen LogP contribution is 2.33. The van der Waals surface area contributed by atoms with Crippen molar-refractivity contribution in [3.63, 3.8) is 0 Å². The van der Waals surface area contributed by atoms with Crippen LogP contribution < -0.4 is 9.47 Å². The Hall–Kier alpha value is -2.36. The van der Waals surface area contributed by atoms with Gasteiger partial charge in [-0.25, -0.2) is 8.97 Å².